The molecule has 2 nitrogen and oxygen atoms in total. The van der Waals surface area contributed by atoms with Crippen LogP contribution in [-0.4, -0.2) is 22.9 Å². The Bertz CT molecular complexity index is 476. The summed E-state index contributed by atoms with van der Waals surface area (Å²) in [6, 6.07) is 0. The molecule has 2 heterocycles. The minimum Gasteiger partial charge on any atom is -0.386 e. The number of hydrogen-bond donors (Lipinski definition) is 1. The maximum atomic E-state index is 10.5. The summed E-state index contributed by atoms with van der Waals surface area (Å²) in [6.45, 7) is 10.4. The van der Waals surface area contributed by atoms with E-state index in [4.69, 9.17) is 4.74 Å². The van der Waals surface area contributed by atoms with E-state index in [2.05, 4.69) is 39.0 Å². The van der Waals surface area contributed by atoms with E-state index in [0.29, 0.717) is 5.92 Å². The monoisotopic (exact) mass is 304 g/mol. The predicted octanol–water partition coefficient (Wildman–Crippen LogP) is 4.94. The molecule has 2 aliphatic heterocycles. The number of fused-ring (bicyclic) bond motifs is 2. The highest BCUT2D eigenvalue weighted by Gasteiger charge is 2.36. The average Bonchev–Trinajstić information content (AvgIpc) is 2.81. The van der Waals surface area contributed by atoms with E-state index in [-0.39, 0.29) is 12.2 Å². The fourth-order valence-corrected chi connectivity index (χ4v) is 3.42. The van der Waals surface area contributed by atoms with Gasteiger partial charge in [-0.1, -0.05) is 36.3 Å². The molecule has 0 saturated carbocycles. The molecule has 0 fully saturated rings. The lowest BCUT2D eigenvalue weighted by Crippen LogP contribution is -2.29. The average molecular weight is 304 g/mol. The van der Waals surface area contributed by atoms with Crippen LogP contribution >= 0.6 is 0 Å². The van der Waals surface area contributed by atoms with E-state index < -0.39 is 5.60 Å². The first kappa shape index (κ1) is 17.5. The maximum absolute atomic E-state index is 10.5. The van der Waals surface area contributed by atoms with Crippen LogP contribution < -0.4 is 0 Å². The lowest BCUT2D eigenvalue weighted by Gasteiger charge is -2.26. The van der Waals surface area contributed by atoms with Gasteiger partial charge in [0.25, 0.3) is 0 Å². The van der Waals surface area contributed by atoms with Crippen molar-refractivity contribution >= 4 is 0 Å². The van der Waals surface area contributed by atoms with Crippen molar-refractivity contribution in [3.8, 4) is 0 Å². The quantitative estimate of drug-likeness (QED) is 0.695. The molecule has 0 aliphatic carbocycles. The summed E-state index contributed by atoms with van der Waals surface area (Å²) in [4.78, 5) is 0. The van der Waals surface area contributed by atoms with Gasteiger partial charge in [0, 0.05) is 0 Å². The Balaban J connectivity index is 2.24. The van der Waals surface area contributed by atoms with Crippen LogP contribution in [0.1, 0.15) is 66.7 Å². The zero-order chi connectivity index (χ0) is 16.3. The molecule has 2 rings (SSSR count). The number of aliphatic hydroxyl groups is 1. The van der Waals surface area contributed by atoms with Gasteiger partial charge >= 0.3 is 0 Å². The Morgan fingerprint density at radius 2 is 1.82 bits per heavy atom. The second-order valence-electron chi connectivity index (χ2n) is 7.67. The van der Waals surface area contributed by atoms with Gasteiger partial charge in [0.15, 0.2) is 0 Å². The van der Waals surface area contributed by atoms with Gasteiger partial charge in [-0.15, -0.1) is 0 Å². The molecule has 0 spiro atoms. The topological polar surface area (TPSA) is 29.5 Å². The van der Waals surface area contributed by atoms with Crippen molar-refractivity contribution in [1.82, 2.24) is 0 Å². The zero-order valence-corrected chi connectivity index (χ0v) is 14.9. The molecule has 1 N–H and O–H groups in total. The Morgan fingerprint density at radius 3 is 2.50 bits per heavy atom. The molecule has 0 aromatic rings. The Kier molecular flexibility index (Phi) is 5.68. The van der Waals surface area contributed by atoms with Gasteiger partial charge in [-0.3, -0.25) is 0 Å². The summed E-state index contributed by atoms with van der Waals surface area (Å²) >= 11 is 0. The molecular formula is C20H32O2. The van der Waals surface area contributed by atoms with Crippen molar-refractivity contribution < 1.29 is 9.84 Å². The molecule has 0 radical (unpaired) electrons. The third kappa shape index (κ3) is 4.57. The van der Waals surface area contributed by atoms with E-state index in [9.17, 15) is 5.11 Å². The molecule has 3 atom stereocenters. The van der Waals surface area contributed by atoms with E-state index in [1.807, 2.05) is 13.8 Å². The number of ether oxygens (including phenoxy) is 1. The van der Waals surface area contributed by atoms with Crippen molar-refractivity contribution in [2.45, 2.75) is 84.5 Å². The highest BCUT2D eigenvalue weighted by atomic mass is 16.5. The minimum atomic E-state index is -0.799. The van der Waals surface area contributed by atoms with Gasteiger partial charge in [0.2, 0.25) is 0 Å². The standard InChI is InChI=1S/C20H32O2/c1-14-8-6-10-15(2)12-19-17(20(4,5)21)13-18(22-19)16(3)11-7-9-14/h9-10,13,16,18-19,21H,6-8,11-12H2,1-5H3/b14-9+,15-10+. The first-order valence-corrected chi connectivity index (χ1v) is 8.68. The van der Waals surface area contributed by atoms with Crippen LogP contribution in [0.15, 0.2) is 34.9 Å². The second-order valence-corrected chi connectivity index (χ2v) is 7.67. The molecule has 0 aromatic carbocycles. The molecule has 124 valence electrons. The van der Waals surface area contributed by atoms with E-state index in [1.54, 1.807) is 0 Å². The van der Waals surface area contributed by atoms with Gasteiger partial charge in [0.1, 0.15) is 0 Å². The van der Waals surface area contributed by atoms with Gasteiger partial charge in [-0.2, -0.15) is 0 Å². The maximum Gasteiger partial charge on any atom is 0.0858 e. The van der Waals surface area contributed by atoms with Crippen molar-refractivity contribution in [2.75, 3.05) is 0 Å². The normalized spacial score (nSPS) is 36.1. The number of allylic oxidation sites excluding steroid dienone is 3. The van der Waals surface area contributed by atoms with E-state index >= 15 is 0 Å². The van der Waals surface area contributed by atoms with Crippen LogP contribution in [0.25, 0.3) is 0 Å². The summed E-state index contributed by atoms with van der Waals surface area (Å²) in [5, 5.41) is 10.5. The third-order valence-electron chi connectivity index (χ3n) is 4.93. The fourth-order valence-electron chi connectivity index (χ4n) is 3.42. The Labute approximate surface area is 136 Å². The Morgan fingerprint density at radius 1 is 1.14 bits per heavy atom. The Hall–Kier alpha value is -0.860. The first-order chi connectivity index (χ1) is 10.3. The van der Waals surface area contributed by atoms with Gasteiger partial charge < -0.3 is 9.84 Å². The molecule has 2 aliphatic rings. The third-order valence-corrected chi connectivity index (χ3v) is 4.93. The van der Waals surface area contributed by atoms with Crippen molar-refractivity contribution in [3.05, 3.63) is 34.9 Å². The second kappa shape index (κ2) is 7.14. The van der Waals surface area contributed by atoms with Crippen molar-refractivity contribution in [2.24, 2.45) is 5.92 Å². The number of hydrogen-bond acceptors (Lipinski definition) is 2. The van der Waals surface area contributed by atoms with E-state index in [0.717, 1.165) is 37.7 Å². The van der Waals surface area contributed by atoms with Crippen LogP contribution in [0.5, 0.6) is 0 Å². The number of rotatable bonds is 1. The first-order valence-electron chi connectivity index (χ1n) is 8.68. The van der Waals surface area contributed by atoms with Crippen molar-refractivity contribution in [3.63, 3.8) is 0 Å². The molecule has 0 aromatic heterocycles. The highest BCUT2D eigenvalue weighted by Crippen LogP contribution is 2.36. The summed E-state index contributed by atoms with van der Waals surface area (Å²) in [6.07, 6.45) is 12.4. The largest absolute Gasteiger partial charge is 0.386 e. The summed E-state index contributed by atoms with van der Waals surface area (Å²) in [7, 11) is 0. The van der Waals surface area contributed by atoms with Crippen LogP contribution in [0.4, 0.5) is 0 Å². The van der Waals surface area contributed by atoms with Gasteiger partial charge in [0.05, 0.1) is 17.8 Å². The SMILES string of the molecule is C/C1=C\CCC(C)C2C=C(C(C)(C)O)C(C/C(C)=C/CC1)O2. The highest BCUT2D eigenvalue weighted by molar-refractivity contribution is 5.27. The molecule has 2 bridgehead atoms. The molecule has 0 amide bonds. The fraction of sp³-hybridized carbons (Fsp3) is 0.700. The summed E-state index contributed by atoms with van der Waals surface area (Å²) in [5.74, 6) is 0.483. The van der Waals surface area contributed by atoms with Gasteiger partial charge in [-0.25, -0.2) is 0 Å². The van der Waals surface area contributed by atoms with Crippen LogP contribution in [0.2, 0.25) is 0 Å². The van der Waals surface area contributed by atoms with Crippen LogP contribution in [0, 0.1) is 5.92 Å². The molecular weight excluding hydrogens is 272 g/mol. The molecule has 22 heavy (non-hydrogen) atoms. The van der Waals surface area contributed by atoms with Crippen LogP contribution in [0.3, 0.4) is 0 Å². The smallest absolute Gasteiger partial charge is 0.0858 e. The minimum absolute atomic E-state index is 0.0264. The summed E-state index contributed by atoms with van der Waals surface area (Å²) in [5.41, 5.74) is 3.11. The zero-order valence-electron chi connectivity index (χ0n) is 14.9. The molecule has 2 heteroatoms. The summed E-state index contributed by atoms with van der Waals surface area (Å²) < 4.78 is 6.31. The van der Waals surface area contributed by atoms with Crippen LogP contribution in [-0.2, 0) is 4.74 Å². The predicted molar refractivity (Wildman–Crippen MR) is 92.8 cm³/mol. The molecule has 0 saturated heterocycles. The van der Waals surface area contributed by atoms with E-state index in [1.165, 1.54) is 11.1 Å². The van der Waals surface area contributed by atoms with Crippen molar-refractivity contribution in [1.29, 1.82) is 0 Å². The van der Waals surface area contributed by atoms with Gasteiger partial charge in [-0.05, 0) is 71.3 Å². The molecule has 3 unspecified atom stereocenters. The lowest BCUT2D eigenvalue weighted by atomic mass is 9.89. The lowest BCUT2D eigenvalue weighted by molar-refractivity contribution is 0.00912.